The topological polar surface area (TPSA) is 36.9 Å². The summed E-state index contributed by atoms with van der Waals surface area (Å²) in [6.45, 7) is 3.79. The maximum Gasteiger partial charge on any atom is 0.219 e. The monoisotopic (exact) mass is 434 g/mol. The summed E-state index contributed by atoms with van der Waals surface area (Å²) in [5.41, 5.74) is 2.79. The van der Waals surface area contributed by atoms with Crippen molar-refractivity contribution in [3.8, 4) is 5.75 Å². The van der Waals surface area contributed by atoms with Crippen molar-refractivity contribution >= 4 is 28.4 Å². The van der Waals surface area contributed by atoms with Crippen LogP contribution < -0.4 is 4.74 Å². The summed E-state index contributed by atoms with van der Waals surface area (Å²) in [4.78, 5) is 0. The van der Waals surface area contributed by atoms with Gasteiger partial charge in [0.15, 0.2) is 5.79 Å². The Labute approximate surface area is 183 Å². The number of aryl methyl sites for hydroxylation is 1. The van der Waals surface area contributed by atoms with Gasteiger partial charge in [-0.15, -0.1) is 0 Å². The maximum absolute atomic E-state index is 6.45. The minimum atomic E-state index is -0.439. The van der Waals surface area contributed by atoms with Gasteiger partial charge in [-0.2, -0.15) is 0 Å². The minimum Gasteiger partial charge on any atom is -0.497 e. The third kappa shape index (κ3) is 2.97. The van der Waals surface area contributed by atoms with Crippen LogP contribution in [0.4, 0.5) is 0 Å². The molecule has 1 aliphatic heterocycles. The number of hydrogen-bond donors (Lipinski definition) is 0. The summed E-state index contributed by atoms with van der Waals surface area (Å²) >= 11 is 7.03. The summed E-state index contributed by atoms with van der Waals surface area (Å²) in [6.07, 6.45) is 7.39. The predicted octanol–water partition coefficient (Wildman–Crippen LogP) is 4.94. The Balaban J connectivity index is 1.56. The van der Waals surface area contributed by atoms with Crippen molar-refractivity contribution in [1.29, 1.82) is 0 Å². The lowest BCUT2D eigenvalue weighted by molar-refractivity contribution is -0.245. The van der Waals surface area contributed by atoms with E-state index < -0.39 is 5.79 Å². The van der Waals surface area contributed by atoms with Crippen molar-refractivity contribution in [2.45, 2.75) is 56.8 Å². The maximum atomic E-state index is 6.45. The highest BCUT2D eigenvalue weighted by Crippen LogP contribution is 2.66. The second kappa shape index (κ2) is 7.40. The number of rotatable bonds is 2. The number of ether oxygens (including phenoxy) is 4. The first-order valence-electron chi connectivity index (χ1n) is 10.7. The fourth-order valence-corrected chi connectivity index (χ4v) is 7.24. The summed E-state index contributed by atoms with van der Waals surface area (Å²) in [6, 6.07) is 6.57. The SMILES string of the molecule is COc1ccc2c(c1)CC[C@@H]1[C@H]2[C@H](OC(=S)SC)C[C@@]2(C)[C@H]1CCC21OCCO1. The highest BCUT2D eigenvalue weighted by molar-refractivity contribution is 8.22. The van der Waals surface area contributed by atoms with E-state index in [-0.39, 0.29) is 11.5 Å². The van der Waals surface area contributed by atoms with Crippen LogP contribution in [0, 0.1) is 17.3 Å². The summed E-state index contributed by atoms with van der Waals surface area (Å²) < 4.78 is 25.2. The van der Waals surface area contributed by atoms with Crippen LogP contribution in [0.1, 0.15) is 49.7 Å². The molecule has 1 saturated heterocycles. The molecule has 2 saturated carbocycles. The molecule has 0 bridgehead atoms. The molecule has 1 heterocycles. The molecule has 1 aromatic carbocycles. The molecule has 6 heteroatoms. The molecule has 4 nitrogen and oxygen atoms in total. The third-order valence-electron chi connectivity index (χ3n) is 8.10. The highest BCUT2D eigenvalue weighted by atomic mass is 32.2. The molecule has 3 aliphatic carbocycles. The van der Waals surface area contributed by atoms with Crippen LogP contribution in [0.25, 0.3) is 0 Å². The first-order valence-corrected chi connectivity index (χ1v) is 12.3. The average molecular weight is 435 g/mol. The summed E-state index contributed by atoms with van der Waals surface area (Å²) in [5, 5.41) is 0. The molecule has 0 unspecified atom stereocenters. The van der Waals surface area contributed by atoms with E-state index in [1.54, 1.807) is 7.11 Å². The van der Waals surface area contributed by atoms with E-state index in [2.05, 4.69) is 25.1 Å². The van der Waals surface area contributed by atoms with Gasteiger partial charge < -0.3 is 18.9 Å². The third-order valence-corrected chi connectivity index (χ3v) is 9.13. The van der Waals surface area contributed by atoms with Crippen LogP contribution in [0.2, 0.25) is 0 Å². The normalized spacial score (nSPS) is 36.9. The van der Waals surface area contributed by atoms with Gasteiger partial charge in [0, 0.05) is 17.8 Å². The van der Waals surface area contributed by atoms with Gasteiger partial charge in [0.05, 0.1) is 20.3 Å². The van der Waals surface area contributed by atoms with Gasteiger partial charge in [-0.25, -0.2) is 0 Å². The second-order valence-electron chi connectivity index (χ2n) is 9.12. The van der Waals surface area contributed by atoms with E-state index in [1.165, 1.54) is 35.7 Å². The van der Waals surface area contributed by atoms with Gasteiger partial charge >= 0.3 is 0 Å². The Morgan fingerprint density at radius 3 is 2.76 bits per heavy atom. The lowest BCUT2D eigenvalue weighted by Crippen LogP contribution is -2.56. The summed E-state index contributed by atoms with van der Waals surface area (Å²) in [5.74, 6) is 2.02. The predicted molar refractivity (Wildman–Crippen MR) is 119 cm³/mol. The molecule has 29 heavy (non-hydrogen) atoms. The molecular weight excluding hydrogens is 404 g/mol. The molecule has 1 aromatic rings. The molecule has 1 spiro atoms. The van der Waals surface area contributed by atoms with Gasteiger partial charge in [0.1, 0.15) is 11.9 Å². The summed E-state index contributed by atoms with van der Waals surface area (Å²) in [7, 11) is 1.74. The average Bonchev–Trinajstić information content (AvgIpc) is 3.33. The van der Waals surface area contributed by atoms with Crippen molar-refractivity contribution in [3.05, 3.63) is 29.3 Å². The van der Waals surface area contributed by atoms with Crippen LogP contribution in [0.3, 0.4) is 0 Å². The van der Waals surface area contributed by atoms with Crippen molar-refractivity contribution in [3.63, 3.8) is 0 Å². The largest absolute Gasteiger partial charge is 0.497 e. The Bertz CT molecular complexity index is 806. The molecule has 0 amide bonds. The molecule has 0 N–H and O–H groups in total. The minimum absolute atomic E-state index is 0.0344. The molecule has 3 fully saturated rings. The van der Waals surface area contributed by atoms with Crippen molar-refractivity contribution in [2.24, 2.45) is 17.3 Å². The standard InChI is InChI=1S/C23H30O4S2/c1-22-13-19(27-21(28)29-3)20-16-7-5-15(24-2)12-14(16)4-6-17(20)18(22)8-9-23(22)25-10-11-26-23/h5,7,12,17-20H,4,6,8-11,13H2,1-3H3/t17-,18-,19+,20-,22-/m0/s1. The molecule has 4 aliphatic rings. The zero-order chi connectivity index (χ0) is 20.2. The highest BCUT2D eigenvalue weighted by Gasteiger charge is 2.67. The first-order chi connectivity index (χ1) is 14.0. The van der Waals surface area contributed by atoms with E-state index >= 15 is 0 Å². The number of fused-ring (bicyclic) bond motifs is 6. The van der Waals surface area contributed by atoms with Crippen LogP contribution in [-0.2, 0) is 20.6 Å². The van der Waals surface area contributed by atoms with Crippen LogP contribution in [0.5, 0.6) is 5.75 Å². The number of thioether (sulfide) groups is 1. The number of benzene rings is 1. The van der Waals surface area contributed by atoms with Gasteiger partial charge in [-0.1, -0.05) is 24.8 Å². The van der Waals surface area contributed by atoms with Gasteiger partial charge in [-0.3, -0.25) is 0 Å². The zero-order valence-electron chi connectivity index (χ0n) is 17.4. The van der Waals surface area contributed by atoms with Gasteiger partial charge in [-0.05, 0) is 79.3 Å². The molecule has 5 atom stereocenters. The quantitative estimate of drug-likeness (QED) is 0.614. The van der Waals surface area contributed by atoms with Crippen LogP contribution in [0.15, 0.2) is 18.2 Å². The second-order valence-corrected chi connectivity index (χ2v) is 10.5. The Morgan fingerprint density at radius 1 is 1.24 bits per heavy atom. The van der Waals surface area contributed by atoms with Crippen molar-refractivity contribution in [1.82, 2.24) is 0 Å². The molecule has 0 radical (unpaired) electrons. The van der Waals surface area contributed by atoms with E-state index in [1.807, 2.05) is 6.26 Å². The van der Waals surface area contributed by atoms with Crippen LogP contribution >= 0.6 is 24.0 Å². The van der Waals surface area contributed by atoms with E-state index in [0.717, 1.165) is 25.0 Å². The molecule has 0 aromatic heterocycles. The number of thiocarbonyl (C=S) groups is 1. The molecule has 5 rings (SSSR count). The molecular formula is C23H30O4S2. The van der Waals surface area contributed by atoms with Gasteiger partial charge in [0.2, 0.25) is 4.38 Å². The van der Waals surface area contributed by atoms with Crippen molar-refractivity contribution in [2.75, 3.05) is 26.6 Å². The lowest BCUT2D eigenvalue weighted by Gasteiger charge is -2.55. The Morgan fingerprint density at radius 2 is 2.03 bits per heavy atom. The fourth-order valence-electron chi connectivity index (χ4n) is 6.90. The first kappa shape index (κ1) is 20.1. The Kier molecular flexibility index (Phi) is 5.13. The number of methoxy groups -OCH3 is 1. The van der Waals surface area contributed by atoms with Gasteiger partial charge in [0.25, 0.3) is 0 Å². The Hall–Kier alpha value is -0.820. The van der Waals surface area contributed by atoms with Crippen molar-refractivity contribution < 1.29 is 18.9 Å². The van der Waals surface area contributed by atoms with E-state index in [9.17, 15) is 0 Å². The lowest BCUT2D eigenvalue weighted by atomic mass is 9.53. The smallest absolute Gasteiger partial charge is 0.219 e. The van der Waals surface area contributed by atoms with Crippen LogP contribution in [-0.4, -0.2) is 42.9 Å². The fraction of sp³-hybridized carbons (Fsp3) is 0.696. The zero-order valence-corrected chi connectivity index (χ0v) is 19.1. The number of hydrogen-bond acceptors (Lipinski definition) is 6. The van der Waals surface area contributed by atoms with E-state index in [4.69, 9.17) is 31.2 Å². The van der Waals surface area contributed by atoms with E-state index in [0.29, 0.717) is 35.4 Å². The molecule has 158 valence electrons.